The van der Waals surface area contributed by atoms with Crippen LogP contribution in [0.15, 0.2) is 11.6 Å². The molecule has 0 aromatic carbocycles. The number of fused-ring (bicyclic) bond motifs is 3. The molecule has 3 heterocycles. The Bertz CT molecular complexity index is 489. The van der Waals surface area contributed by atoms with Gasteiger partial charge in [0.2, 0.25) is 0 Å². The van der Waals surface area contributed by atoms with Gasteiger partial charge in [0.1, 0.15) is 0 Å². The number of hydrogen-bond acceptors (Lipinski definition) is 4. The molecule has 1 spiro atoms. The first-order valence-electron chi connectivity index (χ1n) is 8.41. The van der Waals surface area contributed by atoms with E-state index in [2.05, 4.69) is 30.5 Å². The van der Waals surface area contributed by atoms with Crippen LogP contribution in [0, 0.1) is 5.92 Å². The largest absolute Gasteiger partial charge is 0.450 e. The van der Waals surface area contributed by atoms with Crippen LogP contribution in [0.4, 0.5) is 0 Å². The van der Waals surface area contributed by atoms with Gasteiger partial charge < -0.3 is 4.74 Å². The van der Waals surface area contributed by atoms with Crippen molar-refractivity contribution in [1.82, 2.24) is 4.90 Å². The average molecular weight is 307 g/mol. The molecule has 3 fully saturated rings. The molecular weight excluding hydrogens is 282 g/mol. The molecule has 0 N–H and O–H groups in total. The van der Waals surface area contributed by atoms with E-state index in [1.807, 2.05) is 6.08 Å². The molecule has 3 nitrogen and oxygen atoms in total. The highest BCUT2D eigenvalue weighted by atomic mass is 32.2. The van der Waals surface area contributed by atoms with Gasteiger partial charge in [-0.3, -0.25) is 4.90 Å². The Hall–Kier alpha value is -0.480. The predicted octanol–water partition coefficient (Wildman–Crippen LogP) is 3.00. The van der Waals surface area contributed by atoms with E-state index >= 15 is 0 Å². The summed E-state index contributed by atoms with van der Waals surface area (Å²) >= 11 is 2.12. The standard InChI is InChI=1S/C17H25NO2S/c1-11(2)10-21-14-7-12-8-16(19)20-17(12)9-13(14)18-6-4-3-5-15(17)18/h8,11,13-15H,3-7,9-10H2,1-2H3/t13-,14-,15+,17-/m0/s1. The zero-order chi connectivity index (χ0) is 14.6. The van der Waals surface area contributed by atoms with E-state index in [4.69, 9.17) is 4.74 Å². The summed E-state index contributed by atoms with van der Waals surface area (Å²) in [5.41, 5.74) is 1.07. The van der Waals surface area contributed by atoms with Crippen LogP contribution in [0.25, 0.3) is 0 Å². The molecule has 0 aromatic rings. The molecule has 0 radical (unpaired) electrons. The Kier molecular flexibility index (Phi) is 3.38. The van der Waals surface area contributed by atoms with E-state index < -0.39 is 0 Å². The van der Waals surface area contributed by atoms with Crippen molar-refractivity contribution >= 4 is 17.7 Å². The minimum absolute atomic E-state index is 0.0920. The summed E-state index contributed by atoms with van der Waals surface area (Å²) in [6.45, 7) is 5.78. The summed E-state index contributed by atoms with van der Waals surface area (Å²) in [5.74, 6) is 1.86. The number of hydrogen-bond donors (Lipinski definition) is 0. The fourth-order valence-electron chi connectivity index (χ4n) is 4.82. The van der Waals surface area contributed by atoms with E-state index in [-0.39, 0.29) is 11.6 Å². The van der Waals surface area contributed by atoms with E-state index in [9.17, 15) is 4.79 Å². The summed E-state index contributed by atoms with van der Waals surface area (Å²) in [4.78, 5) is 14.6. The van der Waals surface area contributed by atoms with Gasteiger partial charge in [0, 0.05) is 23.8 Å². The second-order valence-electron chi connectivity index (χ2n) is 7.47. The Morgan fingerprint density at radius 1 is 1.48 bits per heavy atom. The van der Waals surface area contributed by atoms with Gasteiger partial charge in [-0.25, -0.2) is 4.79 Å². The van der Waals surface area contributed by atoms with Crippen LogP contribution in [0.1, 0.15) is 46.0 Å². The summed E-state index contributed by atoms with van der Waals surface area (Å²) in [6.07, 6.45) is 7.70. The first-order chi connectivity index (χ1) is 10.1. The van der Waals surface area contributed by atoms with Crippen LogP contribution in [0.5, 0.6) is 0 Å². The van der Waals surface area contributed by atoms with Crippen molar-refractivity contribution in [3.8, 4) is 0 Å². The number of piperidine rings is 1. The summed E-state index contributed by atoms with van der Waals surface area (Å²) < 4.78 is 5.90. The highest BCUT2D eigenvalue weighted by Crippen LogP contribution is 2.56. The lowest BCUT2D eigenvalue weighted by Gasteiger charge is -2.38. The number of carbonyl (C=O) groups is 1. The SMILES string of the molecule is CC(C)CS[C@H]1CC2=CC(=O)O[C@@]23C[C@@H]1N1CCCC[C@@H]13. The number of rotatable bonds is 3. The first-order valence-corrected chi connectivity index (χ1v) is 9.46. The Morgan fingerprint density at radius 3 is 3.14 bits per heavy atom. The van der Waals surface area contributed by atoms with Crippen molar-refractivity contribution in [3.05, 3.63) is 11.6 Å². The second kappa shape index (κ2) is 5.02. The van der Waals surface area contributed by atoms with Gasteiger partial charge in [-0.15, -0.1) is 0 Å². The minimum Gasteiger partial charge on any atom is -0.450 e. The molecule has 3 aliphatic heterocycles. The minimum atomic E-state index is -0.239. The van der Waals surface area contributed by atoms with Crippen molar-refractivity contribution < 1.29 is 9.53 Å². The number of ether oxygens (including phenoxy) is 1. The average Bonchev–Trinajstić information content (AvgIpc) is 2.93. The first kappa shape index (κ1) is 14.1. The molecule has 1 saturated carbocycles. The van der Waals surface area contributed by atoms with Crippen molar-refractivity contribution in [2.75, 3.05) is 12.3 Å². The zero-order valence-electron chi connectivity index (χ0n) is 13.0. The molecule has 116 valence electrons. The van der Waals surface area contributed by atoms with Crippen LogP contribution >= 0.6 is 11.8 Å². The maximum absolute atomic E-state index is 11.9. The van der Waals surface area contributed by atoms with Crippen molar-refractivity contribution in [3.63, 3.8) is 0 Å². The lowest BCUT2D eigenvalue weighted by atomic mass is 9.77. The molecule has 2 saturated heterocycles. The van der Waals surface area contributed by atoms with Crippen LogP contribution in [0.2, 0.25) is 0 Å². The third-order valence-electron chi connectivity index (χ3n) is 5.63. The maximum atomic E-state index is 11.9. The van der Waals surface area contributed by atoms with E-state index in [0.29, 0.717) is 17.3 Å². The van der Waals surface area contributed by atoms with Crippen molar-refractivity contribution in [2.45, 2.75) is 68.9 Å². The fraction of sp³-hybridized carbons (Fsp3) is 0.824. The molecule has 1 aliphatic carbocycles. The number of thioether (sulfide) groups is 1. The van der Waals surface area contributed by atoms with Gasteiger partial charge in [0.05, 0.1) is 6.04 Å². The summed E-state index contributed by atoms with van der Waals surface area (Å²) in [5, 5.41) is 0.643. The van der Waals surface area contributed by atoms with E-state index in [1.54, 1.807) is 0 Å². The molecule has 4 atom stereocenters. The molecule has 4 heteroatoms. The van der Waals surface area contributed by atoms with Crippen molar-refractivity contribution in [2.24, 2.45) is 5.92 Å². The monoisotopic (exact) mass is 307 g/mol. The molecule has 2 bridgehead atoms. The van der Waals surface area contributed by atoms with Crippen LogP contribution in [-0.2, 0) is 9.53 Å². The highest BCUT2D eigenvalue weighted by Gasteiger charge is 2.63. The van der Waals surface area contributed by atoms with Gasteiger partial charge in [-0.1, -0.05) is 20.3 Å². The molecular formula is C17H25NO2S. The van der Waals surface area contributed by atoms with E-state index in [0.717, 1.165) is 18.8 Å². The van der Waals surface area contributed by atoms with E-state index in [1.165, 1.54) is 37.1 Å². The normalized spacial score (nSPS) is 41.8. The topological polar surface area (TPSA) is 29.5 Å². The number of esters is 1. The van der Waals surface area contributed by atoms with Crippen molar-refractivity contribution in [1.29, 1.82) is 0 Å². The Labute approximate surface area is 131 Å². The zero-order valence-corrected chi connectivity index (χ0v) is 13.8. The van der Waals surface area contributed by atoms with Gasteiger partial charge in [-0.05, 0) is 43.1 Å². The van der Waals surface area contributed by atoms with Gasteiger partial charge in [-0.2, -0.15) is 11.8 Å². The Morgan fingerprint density at radius 2 is 2.33 bits per heavy atom. The molecule has 0 unspecified atom stereocenters. The highest BCUT2D eigenvalue weighted by molar-refractivity contribution is 7.99. The number of carbonyl (C=O) groups excluding carboxylic acids is 1. The molecule has 4 rings (SSSR count). The quantitative estimate of drug-likeness (QED) is 0.750. The molecule has 21 heavy (non-hydrogen) atoms. The number of nitrogens with zero attached hydrogens (tertiary/aromatic N) is 1. The molecule has 0 aromatic heterocycles. The summed E-state index contributed by atoms with van der Waals surface area (Å²) in [7, 11) is 0. The lowest BCUT2D eigenvalue weighted by Crippen LogP contribution is -2.48. The fourth-order valence-corrected chi connectivity index (χ4v) is 6.23. The predicted molar refractivity (Wildman–Crippen MR) is 85.4 cm³/mol. The second-order valence-corrected chi connectivity index (χ2v) is 8.74. The van der Waals surface area contributed by atoms with Gasteiger partial charge in [0.25, 0.3) is 0 Å². The third kappa shape index (κ3) is 2.09. The third-order valence-corrected chi connectivity index (χ3v) is 7.40. The van der Waals surface area contributed by atoms with Gasteiger partial charge in [0.15, 0.2) is 5.60 Å². The van der Waals surface area contributed by atoms with Crippen LogP contribution in [-0.4, -0.2) is 46.1 Å². The maximum Gasteiger partial charge on any atom is 0.331 e. The molecule has 0 amide bonds. The van der Waals surface area contributed by atoms with Gasteiger partial charge >= 0.3 is 5.97 Å². The Balaban J connectivity index is 1.64. The molecule has 4 aliphatic rings. The smallest absolute Gasteiger partial charge is 0.331 e. The summed E-state index contributed by atoms with van der Waals surface area (Å²) in [6, 6.07) is 1.07. The van der Waals surface area contributed by atoms with Crippen LogP contribution < -0.4 is 0 Å². The lowest BCUT2D eigenvalue weighted by molar-refractivity contribution is -0.148. The van der Waals surface area contributed by atoms with Crippen LogP contribution in [0.3, 0.4) is 0 Å².